The summed E-state index contributed by atoms with van der Waals surface area (Å²) >= 11 is 0. The number of carboxylic acid groups (broad SMARTS) is 1. The molecule has 0 heterocycles. The molecule has 15 heavy (non-hydrogen) atoms. The summed E-state index contributed by atoms with van der Waals surface area (Å²) in [6.45, 7) is -0.843. The average Bonchev–Trinajstić information content (AvgIpc) is 2.12. The second-order valence-corrected chi connectivity index (χ2v) is 2.51. The molecular formula is C6H16Mg2O7. The molecule has 0 rings (SSSR count). The van der Waals surface area contributed by atoms with Crippen molar-refractivity contribution in [2.24, 2.45) is 0 Å². The minimum atomic E-state index is -2.20. The van der Waals surface area contributed by atoms with Gasteiger partial charge in [-0.2, -0.15) is 0 Å². The molecule has 0 bridgehead atoms. The van der Waals surface area contributed by atoms with Gasteiger partial charge in [0.2, 0.25) is 0 Å². The van der Waals surface area contributed by atoms with Crippen molar-refractivity contribution in [1.82, 2.24) is 0 Å². The van der Waals surface area contributed by atoms with Gasteiger partial charge in [-0.05, 0) is 0 Å². The second kappa shape index (κ2) is 9.99. The van der Waals surface area contributed by atoms with Gasteiger partial charge >= 0.3 is 52.1 Å². The minimum absolute atomic E-state index is 0. The van der Waals surface area contributed by atoms with E-state index >= 15 is 0 Å². The molecule has 0 aromatic carbocycles. The molecule has 0 aliphatic rings. The van der Waals surface area contributed by atoms with Crippen LogP contribution in [0.3, 0.4) is 0 Å². The molecular weight excluding hydrogens is 233 g/mol. The van der Waals surface area contributed by atoms with Crippen molar-refractivity contribution in [2.45, 2.75) is 24.4 Å². The van der Waals surface area contributed by atoms with Gasteiger partial charge in [0, 0.05) is 0 Å². The van der Waals surface area contributed by atoms with Crippen LogP contribution in [0.4, 0.5) is 0 Å². The molecule has 7 nitrogen and oxygen atoms in total. The number of aliphatic hydroxyl groups excluding tert-OH is 5. The summed E-state index contributed by atoms with van der Waals surface area (Å²) in [6, 6.07) is 0. The Kier molecular flexibility index (Phi) is 14.1. The summed E-state index contributed by atoms with van der Waals surface area (Å²) in [4.78, 5) is 10.1. The van der Waals surface area contributed by atoms with E-state index in [1.165, 1.54) is 0 Å². The molecule has 0 spiro atoms. The molecule has 4 atom stereocenters. The number of aliphatic carboxylic acids is 1. The predicted molar refractivity (Wildman–Crippen MR) is 54.7 cm³/mol. The zero-order valence-electron chi connectivity index (χ0n) is 12.0. The fourth-order valence-electron chi connectivity index (χ4n) is 0.668. The number of rotatable bonds is 5. The van der Waals surface area contributed by atoms with Gasteiger partial charge in [-0.25, -0.2) is 4.79 Å². The molecule has 0 saturated heterocycles. The van der Waals surface area contributed by atoms with Gasteiger partial charge in [-0.3, -0.25) is 0 Å². The van der Waals surface area contributed by atoms with Crippen LogP contribution in [0.25, 0.3) is 0 Å². The van der Waals surface area contributed by atoms with Crippen molar-refractivity contribution in [3.8, 4) is 0 Å². The van der Waals surface area contributed by atoms with Gasteiger partial charge in [0.25, 0.3) is 0 Å². The van der Waals surface area contributed by atoms with Gasteiger partial charge in [0.05, 0.1) is 6.61 Å². The topological polar surface area (TPSA) is 138 Å². The third-order valence-electron chi connectivity index (χ3n) is 1.51. The Bertz CT molecular complexity index is 193. The van der Waals surface area contributed by atoms with E-state index in [9.17, 15) is 4.79 Å². The van der Waals surface area contributed by atoms with E-state index in [4.69, 9.17) is 30.6 Å². The first kappa shape index (κ1) is 21.1. The Labute approximate surface area is 124 Å². The molecule has 0 fully saturated rings. The van der Waals surface area contributed by atoms with E-state index in [1.807, 2.05) is 0 Å². The summed E-state index contributed by atoms with van der Waals surface area (Å²) in [5, 5.41) is 51.8. The van der Waals surface area contributed by atoms with E-state index in [1.54, 1.807) is 0 Å². The summed E-state index contributed by atoms with van der Waals surface area (Å²) in [5.41, 5.74) is 0. The Balaban J connectivity index is -0.0000000480. The monoisotopic (exact) mass is 248 g/mol. The SMILES string of the molecule is O=C(O)[C@H](O)[C@@H](O)[C@H](O)[C@H](O)CO.[H-].[H-].[H-].[H-].[Mg+2].[Mg+2]. The normalized spacial score (nSPS) is 17.7. The largest absolute Gasteiger partial charge is 2.00 e. The summed E-state index contributed by atoms with van der Waals surface area (Å²) < 4.78 is 0. The fraction of sp³-hybridized carbons (Fsp3) is 0.833. The van der Waals surface area contributed by atoms with Crippen molar-refractivity contribution < 1.29 is 41.1 Å². The molecule has 0 aliphatic heterocycles. The predicted octanol–water partition coefficient (Wildman–Crippen LogP) is -3.80. The number of carbonyl (C=O) groups is 1. The Morgan fingerprint density at radius 1 is 1.07 bits per heavy atom. The van der Waals surface area contributed by atoms with E-state index in [-0.39, 0.29) is 51.8 Å². The Morgan fingerprint density at radius 3 is 1.73 bits per heavy atom. The minimum Gasteiger partial charge on any atom is -1.00 e. The third kappa shape index (κ3) is 6.86. The molecule has 0 aromatic rings. The van der Waals surface area contributed by atoms with Crippen molar-refractivity contribution in [3.63, 3.8) is 0 Å². The Morgan fingerprint density at radius 2 is 1.47 bits per heavy atom. The maximum atomic E-state index is 10.1. The van der Waals surface area contributed by atoms with Gasteiger partial charge in [-0.1, -0.05) is 0 Å². The number of aliphatic hydroxyl groups is 5. The average molecular weight is 249 g/mol. The van der Waals surface area contributed by atoms with Crippen molar-refractivity contribution >= 4 is 52.1 Å². The van der Waals surface area contributed by atoms with Crippen LogP contribution in [0.15, 0.2) is 0 Å². The molecule has 0 saturated carbocycles. The van der Waals surface area contributed by atoms with Crippen molar-refractivity contribution in [2.75, 3.05) is 6.61 Å². The molecule has 0 amide bonds. The van der Waals surface area contributed by atoms with Crippen LogP contribution in [0.2, 0.25) is 0 Å². The van der Waals surface area contributed by atoms with Crippen molar-refractivity contribution in [3.05, 3.63) is 0 Å². The van der Waals surface area contributed by atoms with E-state index in [0.29, 0.717) is 0 Å². The molecule has 0 unspecified atom stereocenters. The van der Waals surface area contributed by atoms with Gasteiger partial charge in [0.15, 0.2) is 6.10 Å². The van der Waals surface area contributed by atoms with Gasteiger partial charge in [0.1, 0.15) is 18.3 Å². The zero-order valence-corrected chi connectivity index (χ0v) is 10.9. The molecule has 6 N–H and O–H groups in total. The number of hydrogen-bond donors (Lipinski definition) is 6. The van der Waals surface area contributed by atoms with Crippen LogP contribution < -0.4 is 0 Å². The number of hydrogen-bond acceptors (Lipinski definition) is 6. The number of carboxylic acids is 1. The maximum Gasteiger partial charge on any atom is 2.00 e. The van der Waals surface area contributed by atoms with Crippen LogP contribution in [-0.2, 0) is 4.79 Å². The smallest absolute Gasteiger partial charge is 1.00 e. The molecule has 86 valence electrons. The molecule has 9 heteroatoms. The molecule has 0 radical (unpaired) electrons. The first-order valence-corrected chi connectivity index (χ1v) is 3.47. The van der Waals surface area contributed by atoms with Gasteiger partial charge in [-0.15, -0.1) is 0 Å². The van der Waals surface area contributed by atoms with E-state index in [2.05, 4.69) is 0 Å². The van der Waals surface area contributed by atoms with E-state index < -0.39 is 37.0 Å². The first-order chi connectivity index (χ1) is 5.91. The standard InChI is InChI=1S/C6H12O7.2Mg.4H/c7-1-2(8)3(9)4(10)5(11)6(12)13;;;;;;/h2-5,7-11H,1H2,(H,12,13);;;;;;/q;2*+2;4*-1/t2-,3-,4+,5-;;;;;;/m1....../s1. The zero-order chi connectivity index (χ0) is 10.6. The first-order valence-electron chi connectivity index (χ1n) is 3.47. The third-order valence-corrected chi connectivity index (χ3v) is 1.51. The van der Waals surface area contributed by atoms with Crippen LogP contribution in [0.1, 0.15) is 5.71 Å². The van der Waals surface area contributed by atoms with Crippen LogP contribution >= 0.6 is 0 Å². The molecule has 0 aliphatic carbocycles. The summed E-state index contributed by atoms with van der Waals surface area (Å²) in [6.07, 6.45) is -7.84. The van der Waals surface area contributed by atoms with Gasteiger partial charge < -0.3 is 36.3 Å². The van der Waals surface area contributed by atoms with Crippen LogP contribution in [-0.4, -0.2) is 114 Å². The quantitative estimate of drug-likeness (QED) is 0.274. The van der Waals surface area contributed by atoms with Crippen LogP contribution in [0.5, 0.6) is 0 Å². The molecule has 0 aromatic heterocycles. The van der Waals surface area contributed by atoms with E-state index in [0.717, 1.165) is 0 Å². The summed E-state index contributed by atoms with van der Waals surface area (Å²) in [5.74, 6) is -1.73. The maximum absolute atomic E-state index is 10.1. The summed E-state index contributed by atoms with van der Waals surface area (Å²) in [7, 11) is 0. The second-order valence-electron chi connectivity index (χ2n) is 2.51. The Hall–Kier alpha value is 0.802. The van der Waals surface area contributed by atoms with Crippen LogP contribution in [0, 0.1) is 0 Å². The van der Waals surface area contributed by atoms with Crippen molar-refractivity contribution in [1.29, 1.82) is 0 Å². The fourth-order valence-corrected chi connectivity index (χ4v) is 0.668.